The van der Waals surface area contributed by atoms with Crippen molar-refractivity contribution in [1.29, 1.82) is 0 Å². The minimum atomic E-state index is -0.868. The molecule has 0 spiro atoms. The van der Waals surface area contributed by atoms with Crippen LogP contribution >= 0.6 is 23.4 Å². The van der Waals surface area contributed by atoms with Crippen molar-refractivity contribution in [1.82, 2.24) is 0 Å². The Morgan fingerprint density at radius 3 is 2.88 bits per heavy atom. The number of thioether (sulfide) groups is 1. The molecule has 0 radical (unpaired) electrons. The van der Waals surface area contributed by atoms with Gasteiger partial charge in [0.05, 0.1) is 0 Å². The third-order valence-corrected chi connectivity index (χ3v) is 3.43. The van der Waals surface area contributed by atoms with Crippen molar-refractivity contribution in [3.05, 3.63) is 34.9 Å². The second-order valence-corrected chi connectivity index (χ2v) is 4.88. The van der Waals surface area contributed by atoms with Crippen LogP contribution in [0.4, 0.5) is 5.69 Å². The summed E-state index contributed by atoms with van der Waals surface area (Å²) in [6.07, 6.45) is 2.22. The van der Waals surface area contributed by atoms with Gasteiger partial charge >= 0.3 is 5.97 Å². The molecule has 0 unspecified atom stereocenters. The van der Waals surface area contributed by atoms with Gasteiger partial charge in [-0.3, -0.25) is 0 Å². The molecule has 3 nitrogen and oxygen atoms in total. The molecule has 1 aromatic carbocycles. The topological polar surface area (TPSA) is 63.3 Å². The molecule has 5 heteroatoms. The molecule has 92 valence electrons. The van der Waals surface area contributed by atoms with Crippen LogP contribution in [0.2, 0.25) is 5.02 Å². The van der Waals surface area contributed by atoms with Crippen molar-refractivity contribution < 1.29 is 9.90 Å². The lowest BCUT2D eigenvalue weighted by molar-refractivity contribution is -0.132. The van der Waals surface area contributed by atoms with Crippen LogP contribution in [0.1, 0.15) is 13.3 Å². The fraction of sp³-hybridized carbons (Fsp3) is 0.250. The lowest BCUT2D eigenvalue weighted by Crippen LogP contribution is -1.99. The molecule has 0 bridgehead atoms. The van der Waals surface area contributed by atoms with Crippen molar-refractivity contribution >= 4 is 35.0 Å². The summed E-state index contributed by atoms with van der Waals surface area (Å²) >= 11 is 7.33. The van der Waals surface area contributed by atoms with Gasteiger partial charge in [0.25, 0.3) is 0 Å². The van der Waals surface area contributed by atoms with Gasteiger partial charge in [-0.05, 0) is 24.6 Å². The monoisotopic (exact) mass is 271 g/mol. The van der Waals surface area contributed by atoms with Gasteiger partial charge in [-0.2, -0.15) is 0 Å². The standard InChI is InChI=1S/C12H14ClNO2S/c1-2-8(12(15)16)5-6-17-11-7-9(13)3-4-10(11)14/h3-5,7H,2,6,14H2,1H3,(H,15,16). The van der Waals surface area contributed by atoms with E-state index in [1.54, 1.807) is 24.3 Å². The Bertz CT molecular complexity index is 446. The summed E-state index contributed by atoms with van der Waals surface area (Å²) in [7, 11) is 0. The SMILES string of the molecule is CCC(=CCSc1cc(Cl)ccc1N)C(=O)O. The predicted octanol–water partition coefficient (Wildman–Crippen LogP) is 3.44. The summed E-state index contributed by atoms with van der Waals surface area (Å²) in [5.74, 6) is -0.299. The van der Waals surface area contributed by atoms with Crippen LogP contribution in [-0.4, -0.2) is 16.8 Å². The van der Waals surface area contributed by atoms with Crippen molar-refractivity contribution in [2.45, 2.75) is 18.2 Å². The number of hydrogen-bond donors (Lipinski definition) is 2. The van der Waals surface area contributed by atoms with E-state index in [1.165, 1.54) is 11.8 Å². The maximum absolute atomic E-state index is 10.8. The fourth-order valence-corrected chi connectivity index (χ4v) is 2.39. The number of aliphatic carboxylic acids is 1. The van der Waals surface area contributed by atoms with Crippen molar-refractivity contribution in [2.75, 3.05) is 11.5 Å². The van der Waals surface area contributed by atoms with Crippen LogP contribution in [0.3, 0.4) is 0 Å². The quantitative estimate of drug-likeness (QED) is 0.489. The van der Waals surface area contributed by atoms with Crippen LogP contribution in [0.15, 0.2) is 34.7 Å². The van der Waals surface area contributed by atoms with Crippen LogP contribution in [0.25, 0.3) is 0 Å². The summed E-state index contributed by atoms with van der Waals surface area (Å²) in [6.45, 7) is 1.82. The fourth-order valence-electron chi connectivity index (χ4n) is 1.25. The molecule has 0 fully saturated rings. The summed E-state index contributed by atoms with van der Waals surface area (Å²) in [4.78, 5) is 11.6. The van der Waals surface area contributed by atoms with E-state index in [-0.39, 0.29) is 0 Å². The van der Waals surface area contributed by atoms with E-state index in [0.717, 1.165) is 4.90 Å². The van der Waals surface area contributed by atoms with Gasteiger partial charge in [0.2, 0.25) is 0 Å². The van der Waals surface area contributed by atoms with E-state index in [2.05, 4.69) is 0 Å². The molecule has 0 saturated heterocycles. The minimum Gasteiger partial charge on any atom is -0.478 e. The first-order valence-electron chi connectivity index (χ1n) is 5.14. The smallest absolute Gasteiger partial charge is 0.331 e. The van der Waals surface area contributed by atoms with E-state index in [9.17, 15) is 4.79 Å². The molecular weight excluding hydrogens is 258 g/mol. The summed E-state index contributed by atoms with van der Waals surface area (Å²) in [5.41, 5.74) is 6.85. The number of hydrogen-bond acceptors (Lipinski definition) is 3. The predicted molar refractivity (Wildman–Crippen MR) is 72.6 cm³/mol. The summed E-state index contributed by atoms with van der Waals surface area (Å²) in [5, 5.41) is 9.47. The van der Waals surface area contributed by atoms with Gasteiger partial charge in [-0.25, -0.2) is 4.79 Å². The highest BCUT2D eigenvalue weighted by Gasteiger charge is 2.04. The highest BCUT2D eigenvalue weighted by atomic mass is 35.5. The highest BCUT2D eigenvalue weighted by molar-refractivity contribution is 7.99. The molecule has 0 aromatic heterocycles. The highest BCUT2D eigenvalue weighted by Crippen LogP contribution is 2.28. The number of nitrogens with two attached hydrogens (primary N) is 1. The lowest BCUT2D eigenvalue weighted by Gasteiger charge is -2.04. The first-order chi connectivity index (χ1) is 8.04. The van der Waals surface area contributed by atoms with Gasteiger partial charge in [0.15, 0.2) is 0 Å². The van der Waals surface area contributed by atoms with Gasteiger partial charge in [-0.15, -0.1) is 11.8 Å². The van der Waals surface area contributed by atoms with Crippen LogP contribution in [0.5, 0.6) is 0 Å². The molecule has 3 N–H and O–H groups in total. The van der Waals surface area contributed by atoms with Crippen LogP contribution in [-0.2, 0) is 4.79 Å². The lowest BCUT2D eigenvalue weighted by atomic mass is 10.2. The third-order valence-electron chi connectivity index (χ3n) is 2.20. The number of rotatable bonds is 5. The second-order valence-electron chi connectivity index (χ2n) is 3.38. The number of carboxylic acid groups (broad SMARTS) is 1. The largest absolute Gasteiger partial charge is 0.478 e. The molecule has 0 aliphatic carbocycles. The number of halogens is 1. The van der Waals surface area contributed by atoms with Gasteiger partial charge in [-0.1, -0.05) is 24.6 Å². The molecule has 1 rings (SSSR count). The molecule has 1 aromatic rings. The molecule has 0 aliphatic rings. The Morgan fingerprint density at radius 1 is 1.59 bits per heavy atom. The maximum atomic E-state index is 10.8. The van der Waals surface area contributed by atoms with E-state index >= 15 is 0 Å². The van der Waals surface area contributed by atoms with E-state index < -0.39 is 5.97 Å². The first kappa shape index (κ1) is 13.9. The van der Waals surface area contributed by atoms with Crippen molar-refractivity contribution in [2.24, 2.45) is 0 Å². The average molecular weight is 272 g/mol. The molecule has 0 aliphatic heterocycles. The Kier molecular flexibility index (Phi) is 5.38. The maximum Gasteiger partial charge on any atom is 0.331 e. The zero-order chi connectivity index (χ0) is 12.8. The molecule has 0 amide bonds. The Balaban J connectivity index is 2.67. The normalized spacial score (nSPS) is 11.5. The number of carboxylic acids is 1. The minimum absolute atomic E-state index is 0.415. The second kappa shape index (κ2) is 6.57. The van der Waals surface area contributed by atoms with Crippen LogP contribution in [0, 0.1) is 0 Å². The Hall–Kier alpha value is -1.13. The van der Waals surface area contributed by atoms with Gasteiger partial charge in [0, 0.05) is 26.9 Å². The number of nitrogen functional groups attached to an aromatic ring is 1. The Morgan fingerprint density at radius 2 is 2.29 bits per heavy atom. The third kappa shape index (κ3) is 4.32. The van der Waals surface area contributed by atoms with Crippen LogP contribution < -0.4 is 5.73 Å². The van der Waals surface area contributed by atoms with Gasteiger partial charge < -0.3 is 10.8 Å². The van der Waals surface area contributed by atoms with Crippen molar-refractivity contribution in [3.8, 4) is 0 Å². The molecule has 0 saturated carbocycles. The molecule has 17 heavy (non-hydrogen) atoms. The van der Waals surface area contributed by atoms with Gasteiger partial charge in [0.1, 0.15) is 0 Å². The van der Waals surface area contributed by atoms with E-state index in [0.29, 0.717) is 28.5 Å². The average Bonchev–Trinajstić information content (AvgIpc) is 2.28. The molecule has 0 heterocycles. The number of benzene rings is 1. The first-order valence-corrected chi connectivity index (χ1v) is 6.51. The summed E-state index contributed by atoms with van der Waals surface area (Å²) < 4.78 is 0. The number of carbonyl (C=O) groups is 1. The molecular formula is C12H14ClNO2S. The number of anilines is 1. The summed E-state index contributed by atoms with van der Waals surface area (Å²) in [6, 6.07) is 5.25. The molecule has 0 atom stereocenters. The van der Waals surface area contributed by atoms with E-state index in [1.807, 2.05) is 6.92 Å². The Labute approximate surface area is 110 Å². The van der Waals surface area contributed by atoms with E-state index in [4.69, 9.17) is 22.4 Å². The zero-order valence-corrected chi connectivity index (χ0v) is 11.0. The zero-order valence-electron chi connectivity index (χ0n) is 9.44. The van der Waals surface area contributed by atoms with Crippen molar-refractivity contribution in [3.63, 3.8) is 0 Å².